The molecule has 4 nitrogen and oxygen atoms in total. The smallest absolute Gasteiger partial charge is 0.309 e. The van der Waals surface area contributed by atoms with Crippen LogP contribution in [-0.4, -0.2) is 29.1 Å². The Hall–Kier alpha value is -0.330. The van der Waals surface area contributed by atoms with Gasteiger partial charge in [-0.15, -0.1) is 0 Å². The Labute approximate surface area is 136 Å². The zero-order valence-electron chi connectivity index (χ0n) is 12.7. The summed E-state index contributed by atoms with van der Waals surface area (Å²) < 4.78 is 11.0. The molecule has 0 spiro atoms. The predicted octanol–water partition coefficient (Wildman–Crippen LogP) is 4.04. The summed E-state index contributed by atoms with van der Waals surface area (Å²) in [6.45, 7) is 4.64. The molecule has 0 saturated carbocycles. The van der Waals surface area contributed by atoms with Crippen LogP contribution in [0.1, 0.15) is 65.2 Å². The molecular formula is C15H27IO4. The van der Waals surface area contributed by atoms with Crippen LogP contribution in [0.15, 0.2) is 0 Å². The van der Waals surface area contributed by atoms with Crippen LogP contribution < -0.4 is 0 Å². The van der Waals surface area contributed by atoms with Crippen molar-refractivity contribution in [1.29, 1.82) is 0 Å². The van der Waals surface area contributed by atoms with E-state index in [1.165, 1.54) is 12.8 Å². The lowest BCUT2D eigenvalue weighted by Crippen LogP contribution is -2.24. The fourth-order valence-electron chi connectivity index (χ4n) is 1.65. The standard InChI is InChI=1S/C15H27IO4/c1-3-5-7-8-10-19-15(18)11-13(12-16)20-14(17)9-6-4-2/h13H,3-12H2,1-2H3. The number of halogens is 1. The number of ether oxygens (including phenoxy) is 2. The average molecular weight is 398 g/mol. The van der Waals surface area contributed by atoms with Gasteiger partial charge in [0.15, 0.2) is 0 Å². The Morgan fingerprint density at radius 1 is 1.00 bits per heavy atom. The van der Waals surface area contributed by atoms with Gasteiger partial charge in [0.2, 0.25) is 0 Å². The zero-order valence-corrected chi connectivity index (χ0v) is 14.8. The minimum absolute atomic E-state index is 0.161. The number of esters is 2. The maximum atomic E-state index is 11.6. The van der Waals surface area contributed by atoms with E-state index in [9.17, 15) is 9.59 Å². The van der Waals surface area contributed by atoms with E-state index in [1.54, 1.807) is 0 Å². The summed E-state index contributed by atoms with van der Waals surface area (Å²) in [6, 6.07) is 0. The molecule has 0 aromatic heterocycles. The average Bonchev–Trinajstić information content (AvgIpc) is 2.44. The molecule has 0 radical (unpaired) electrons. The Kier molecular flexibility index (Phi) is 13.4. The van der Waals surface area contributed by atoms with E-state index in [2.05, 4.69) is 29.5 Å². The summed E-state index contributed by atoms with van der Waals surface area (Å²) in [5.41, 5.74) is 0. The van der Waals surface area contributed by atoms with Crippen molar-refractivity contribution in [2.75, 3.05) is 11.0 Å². The monoisotopic (exact) mass is 398 g/mol. The predicted molar refractivity (Wildman–Crippen MR) is 88.0 cm³/mol. The quantitative estimate of drug-likeness (QED) is 0.216. The van der Waals surface area contributed by atoms with Gasteiger partial charge in [-0.3, -0.25) is 9.59 Å². The normalized spacial score (nSPS) is 11.9. The van der Waals surface area contributed by atoms with Gasteiger partial charge in [-0.1, -0.05) is 62.1 Å². The second-order valence-electron chi connectivity index (χ2n) is 4.85. The van der Waals surface area contributed by atoms with E-state index in [-0.39, 0.29) is 24.5 Å². The maximum absolute atomic E-state index is 11.6. The largest absolute Gasteiger partial charge is 0.466 e. The SMILES string of the molecule is CCCCCCOC(=O)CC(CI)OC(=O)CCCC. The van der Waals surface area contributed by atoms with Gasteiger partial charge in [0.25, 0.3) is 0 Å². The highest BCUT2D eigenvalue weighted by molar-refractivity contribution is 14.1. The molecule has 1 atom stereocenters. The molecule has 1 unspecified atom stereocenters. The highest BCUT2D eigenvalue weighted by atomic mass is 127. The summed E-state index contributed by atoms with van der Waals surface area (Å²) in [5, 5.41) is 0. The zero-order chi connectivity index (χ0) is 15.2. The van der Waals surface area contributed by atoms with Crippen molar-refractivity contribution in [1.82, 2.24) is 0 Å². The molecule has 0 N–H and O–H groups in total. The molecule has 0 saturated heterocycles. The van der Waals surface area contributed by atoms with Crippen LogP contribution in [0.3, 0.4) is 0 Å². The van der Waals surface area contributed by atoms with Gasteiger partial charge >= 0.3 is 11.9 Å². The first-order valence-corrected chi connectivity index (χ1v) is 9.07. The number of alkyl halides is 1. The minimum atomic E-state index is -0.358. The van der Waals surface area contributed by atoms with E-state index in [4.69, 9.17) is 9.47 Å². The van der Waals surface area contributed by atoms with Crippen LogP contribution in [0.4, 0.5) is 0 Å². The van der Waals surface area contributed by atoms with Crippen molar-refractivity contribution < 1.29 is 19.1 Å². The molecule has 0 aliphatic rings. The van der Waals surface area contributed by atoms with Gasteiger partial charge in [0.1, 0.15) is 6.10 Å². The molecule has 118 valence electrons. The number of carbonyl (C=O) groups excluding carboxylic acids is 2. The van der Waals surface area contributed by atoms with E-state index in [0.29, 0.717) is 17.5 Å². The van der Waals surface area contributed by atoms with Crippen molar-refractivity contribution in [3.05, 3.63) is 0 Å². The molecule has 0 bridgehead atoms. The Morgan fingerprint density at radius 2 is 1.70 bits per heavy atom. The molecule has 0 rings (SSSR count). The lowest BCUT2D eigenvalue weighted by Gasteiger charge is -2.15. The first kappa shape index (κ1) is 19.7. The lowest BCUT2D eigenvalue weighted by molar-refractivity contribution is -0.153. The van der Waals surface area contributed by atoms with Crippen LogP contribution in [0.5, 0.6) is 0 Å². The van der Waals surface area contributed by atoms with Gasteiger partial charge in [0, 0.05) is 10.8 Å². The molecular weight excluding hydrogens is 371 g/mol. The van der Waals surface area contributed by atoms with Gasteiger partial charge in [-0.25, -0.2) is 0 Å². The summed E-state index contributed by atoms with van der Waals surface area (Å²) in [5.74, 6) is -0.490. The van der Waals surface area contributed by atoms with E-state index in [1.807, 2.05) is 6.92 Å². The third-order valence-electron chi connectivity index (χ3n) is 2.86. The molecule has 0 amide bonds. The van der Waals surface area contributed by atoms with Crippen molar-refractivity contribution >= 4 is 34.5 Å². The Morgan fingerprint density at radius 3 is 2.30 bits per heavy atom. The number of carbonyl (C=O) groups is 2. The van der Waals surface area contributed by atoms with Crippen molar-refractivity contribution in [3.63, 3.8) is 0 Å². The second kappa shape index (κ2) is 13.6. The van der Waals surface area contributed by atoms with E-state index >= 15 is 0 Å². The summed E-state index contributed by atoms with van der Waals surface area (Å²) in [7, 11) is 0. The summed E-state index contributed by atoms with van der Waals surface area (Å²) >= 11 is 2.12. The van der Waals surface area contributed by atoms with Crippen LogP contribution in [0, 0.1) is 0 Å². The lowest BCUT2D eigenvalue weighted by atomic mass is 10.2. The third-order valence-corrected chi connectivity index (χ3v) is 3.84. The third kappa shape index (κ3) is 11.5. The Bertz CT molecular complexity index is 269. The molecule has 0 aromatic rings. The molecule has 0 aromatic carbocycles. The van der Waals surface area contributed by atoms with Gasteiger partial charge in [-0.05, 0) is 12.8 Å². The minimum Gasteiger partial charge on any atom is -0.466 e. The number of hydrogen-bond donors (Lipinski definition) is 0. The van der Waals surface area contributed by atoms with Gasteiger partial charge < -0.3 is 9.47 Å². The fraction of sp³-hybridized carbons (Fsp3) is 0.867. The first-order valence-electron chi connectivity index (χ1n) is 7.55. The topological polar surface area (TPSA) is 52.6 Å². The number of unbranched alkanes of at least 4 members (excludes halogenated alkanes) is 4. The molecule has 0 aliphatic heterocycles. The second-order valence-corrected chi connectivity index (χ2v) is 5.74. The van der Waals surface area contributed by atoms with E-state index < -0.39 is 0 Å². The van der Waals surface area contributed by atoms with Crippen LogP contribution in [-0.2, 0) is 19.1 Å². The molecule has 0 fully saturated rings. The molecule has 0 aliphatic carbocycles. The Balaban J connectivity index is 3.79. The van der Waals surface area contributed by atoms with Crippen molar-refractivity contribution in [2.24, 2.45) is 0 Å². The van der Waals surface area contributed by atoms with Gasteiger partial charge in [-0.2, -0.15) is 0 Å². The molecule has 20 heavy (non-hydrogen) atoms. The van der Waals surface area contributed by atoms with Crippen LogP contribution >= 0.6 is 22.6 Å². The van der Waals surface area contributed by atoms with Crippen molar-refractivity contribution in [3.8, 4) is 0 Å². The van der Waals surface area contributed by atoms with Crippen LogP contribution in [0.25, 0.3) is 0 Å². The van der Waals surface area contributed by atoms with Crippen molar-refractivity contribution in [2.45, 2.75) is 71.3 Å². The van der Waals surface area contributed by atoms with Crippen LogP contribution in [0.2, 0.25) is 0 Å². The highest BCUT2D eigenvalue weighted by Crippen LogP contribution is 2.08. The van der Waals surface area contributed by atoms with Gasteiger partial charge in [0.05, 0.1) is 13.0 Å². The first-order chi connectivity index (χ1) is 9.63. The fourth-order valence-corrected chi connectivity index (χ4v) is 2.14. The maximum Gasteiger partial charge on any atom is 0.309 e. The molecule has 0 heterocycles. The number of rotatable bonds is 12. The summed E-state index contributed by atoms with van der Waals surface area (Å²) in [6.07, 6.45) is 6.35. The molecule has 5 heteroatoms. The highest BCUT2D eigenvalue weighted by Gasteiger charge is 2.18. The van der Waals surface area contributed by atoms with E-state index in [0.717, 1.165) is 25.7 Å². The summed E-state index contributed by atoms with van der Waals surface area (Å²) in [4.78, 5) is 23.1. The number of hydrogen-bond acceptors (Lipinski definition) is 4.